The van der Waals surface area contributed by atoms with Gasteiger partial charge in [-0.15, -0.1) is 0 Å². The van der Waals surface area contributed by atoms with Crippen molar-refractivity contribution in [2.24, 2.45) is 51.2 Å². The highest BCUT2D eigenvalue weighted by Gasteiger charge is 2.65. The van der Waals surface area contributed by atoms with Crippen LogP contribution in [0.2, 0.25) is 0 Å². The monoisotopic (exact) mass is 681 g/mol. The zero-order chi connectivity index (χ0) is 35.8. The highest BCUT2D eigenvalue weighted by atomic mass is 19.3. The minimum Gasteiger partial charge on any atom is -0.464 e. The van der Waals surface area contributed by atoms with Crippen LogP contribution < -0.4 is 5.32 Å². The summed E-state index contributed by atoms with van der Waals surface area (Å²) in [4.78, 5) is 36.7. The Bertz CT molecular complexity index is 1510. The van der Waals surface area contributed by atoms with Crippen molar-refractivity contribution < 1.29 is 32.6 Å². The second-order valence-corrected chi connectivity index (χ2v) is 18.3. The molecule has 0 saturated heterocycles. The summed E-state index contributed by atoms with van der Waals surface area (Å²) in [6, 6.07) is 7.97. The summed E-state index contributed by atoms with van der Waals surface area (Å²) < 4.78 is 38.5. The number of carbonyl (C=O) groups is 3. The van der Waals surface area contributed by atoms with Gasteiger partial charge in [0.2, 0.25) is 0 Å². The Kier molecular flexibility index (Phi) is 8.96. The first kappa shape index (κ1) is 36.0. The van der Waals surface area contributed by atoms with Gasteiger partial charge in [0.1, 0.15) is 5.60 Å². The van der Waals surface area contributed by atoms with E-state index in [1.165, 1.54) is 30.4 Å². The van der Waals surface area contributed by atoms with Crippen molar-refractivity contribution in [1.82, 2.24) is 5.32 Å². The molecule has 6 rings (SSSR count). The van der Waals surface area contributed by atoms with Crippen LogP contribution in [0.25, 0.3) is 5.57 Å². The Morgan fingerprint density at radius 2 is 1.55 bits per heavy atom. The van der Waals surface area contributed by atoms with Crippen molar-refractivity contribution in [3.63, 3.8) is 0 Å². The second kappa shape index (κ2) is 12.2. The zero-order valence-corrected chi connectivity index (χ0v) is 30.8. The average Bonchev–Trinajstić information content (AvgIpc) is 3.47. The molecule has 0 heterocycles. The molecule has 4 saturated carbocycles. The molecule has 49 heavy (non-hydrogen) atoms. The molecule has 1 aromatic carbocycles. The van der Waals surface area contributed by atoms with Crippen LogP contribution in [0, 0.1) is 51.2 Å². The van der Waals surface area contributed by atoms with E-state index in [9.17, 15) is 23.2 Å². The number of rotatable bonds is 6. The maximum atomic E-state index is 14.3. The van der Waals surface area contributed by atoms with Crippen LogP contribution in [0.1, 0.15) is 129 Å². The number of halogens is 2. The lowest BCUT2D eigenvalue weighted by Crippen LogP contribution is -2.61. The van der Waals surface area contributed by atoms with Crippen molar-refractivity contribution in [2.75, 3.05) is 13.7 Å². The first-order valence-electron chi connectivity index (χ1n) is 18.6. The number of carbonyl (C=O) groups excluding carboxylic acids is 3. The van der Waals surface area contributed by atoms with Crippen LogP contribution >= 0.6 is 0 Å². The Morgan fingerprint density at radius 1 is 0.857 bits per heavy atom. The number of esters is 2. The molecule has 8 atom stereocenters. The number of alkyl halides is 2. The predicted octanol–water partition coefficient (Wildman–Crippen LogP) is 9.03. The topological polar surface area (TPSA) is 81.7 Å². The Morgan fingerprint density at radius 3 is 2.20 bits per heavy atom. The number of ether oxygens (including phenoxy) is 2. The molecule has 5 aliphatic rings. The smallest absolute Gasteiger partial charge is 0.418 e. The molecule has 0 bridgehead atoms. The number of fused-ring (bicyclic) bond motifs is 7. The molecule has 0 radical (unpaired) electrons. The maximum Gasteiger partial charge on any atom is 0.418 e. The number of nitrogens with one attached hydrogen (secondary N) is 1. The molecule has 0 aliphatic heterocycles. The molecule has 1 amide bonds. The van der Waals surface area contributed by atoms with Gasteiger partial charge >= 0.3 is 23.8 Å². The third-order valence-corrected chi connectivity index (χ3v) is 14.4. The van der Waals surface area contributed by atoms with Gasteiger partial charge in [0, 0.05) is 6.54 Å². The molecular weight excluding hydrogens is 624 g/mol. The molecule has 6 nitrogen and oxygen atoms in total. The SMILES string of the molecule is COC(=O)C(F)(F)C(=O)NC[C@]12CCCC1C1CCC3[C@@](C)(CCC4C(C)(C)C(c5ccc(C(=O)OC(C)(C)C)cc5)=CC[C@@]43C)C1CC2. The van der Waals surface area contributed by atoms with Gasteiger partial charge in [-0.1, -0.05) is 52.3 Å². The van der Waals surface area contributed by atoms with E-state index in [0.717, 1.165) is 52.1 Å². The molecule has 0 aromatic heterocycles. The Labute approximate surface area is 291 Å². The predicted molar refractivity (Wildman–Crippen MR) is 186 cm³/mol. The van der Waals surface area contributed by atoms with Gasteiger partial charge < -0.3 is 14.8 Å². The molecule has 270 valence electrons. The average molecular weight is 682 g/mol. The van der Waals surface area contributed by atoms with E-state index in [4.69, 9.17) is 4.74 Å². The largest absolute Gasteiger partial charge is 0.464 e. The van der Waals surface area contributed by atoms with Crippen LogP contribution in [0.15, 0.2) is 30.3 Å². The van der Waals surface area contributed by atoms with E-state index in [1.807, 2.05) is 32.9 Å². The van der Waals surface area contributed by atoms with Crippen molar-refractivity contribution in [3.8, 4) is 0 Å². The second-order valence-electron chi connectivity index (χ2n) is 18.3. The summed E-state index contributed by atoms with van der Waals surface area (Å²) in [6.45, 7) is 15.8. The molecule has 4 fully saturated rings. The molecule has 1 N–H and O–H groups in total. The lowest BCUT2D eigenvalue weighted by Gasteiger charge is -2.68. The summed E-state index contributed by atoms with van der Waals surface area (Å²) in [5.74, 6) is -5.19. The summed E-state index contributed by atoms with van der Waals surface area (Å²) in [5.41, 5.74) is 2.75. The maximum absolute atomic E-state index is 14.3. The van der Waals surface area contributed by atoms with Gasteiger partial charge in [0.15, 0.2) is 0 Å². The van der Waals surface area contributed by atoms with Gasteiger partial charge in [0.25, 0.3) is 0 Å². The summed E-state index contributed by atoms with van der Waals surface area (Å²) in [5, 5.41) is 2.50. The van der Waals surface area contributed by atoms with Gasteiger partial charge in [-0.2, -0.15) is 8.78 Å². The number of methoxy groups -OCH3 is 1. The molecule has 5 aliphatic carbocycles. The van der Waals surface area contributed by atoms with Gasteiger partial charge in [-0.3, -0.25) is 4.79 Å². The fourth-order valence-electron chi connectivity index (χ4n) is 12.5. The highest BCUT2D eigenvalue weighted by Crippen LogP contribution is 2.73. The van der Waals surface area contributed by atoms with Crippen molar-refractivity contribution in [2.45, 2.75) is 124 Å². The third kappa shape index (κ3) is 5.85. The highest BCUT2D eigenvalue weighted by molar-refractivity contribution is 6.04. The fourth-order valence-corrected chi connectivity index (χ4v) is 12.5. The van der Waals surface area contributed by atoms with E-state index < -0.39 is 23.4 Å². The number of hydrogen-bond donors (Lipinski definition) is 1. The Hall–Kier alpha value is -2.77. The van der Waals surface area contributed by atoms with Crippen LogP contribution in [-0.4, -0.2) is 43.0 Å². The van der Waals surface area contributed by atoms with E-state index in [0.29, 0.717) is 35.2 Å². The van der Waals surface area contributed by atoms with E-state index in [2.05, 4.69) is 56.0 Å². The quantitative estimate of drug-likeness (QED) is 0.239. The van der Waals surface area contributed by atoms with Gasteiger partial charge in [-0.05, 0) is 153 Å². The van der Waals surface area contributed by atoms with Crippen LogP contribution in [0.3, 0.4) is 0 Å². The number of benzene rings is 1. The first-order chi connectivity index (χ1) is 22.8. The number of allylic oxidation sites excluding steroid dienone is 2. The molecule has 1 aromatic rings. The van der Waals surface area contributed by atoms with Crippen LogP contribution in [0.4, 0.5) is 8.78 Å². The molecule has 0 spiro atoms. The molecule has 5 unspecified atom stereocenters. The number of amides is 1. The van der Waals surface area contributed by atoms with E-state index in [1.54, 1.807) is 0 Å². The molecule has 8 heteroatoms. The third-order valence-electron chi connectivity index (χ3n) is 14.4. The van der Waals surface area contributed by atoms with Crippen molar-refractivity contribution >= 4 is 23.4 Å². The van der Waals surface area contributed by atoms with Crippen molar-refractivity contribution in [3.05, 3.63) is 41.5 Å². The first-order valence-corrected chi connectivity index (χ1v) is 18.6. The molecular formula is C41H57F2NO5. The zero-order valence-electron chi connectivity index (χ0n) is 30.8. The van der Waals surface area contributed by atoms with Crippen LogP contribution in [0.5, 0.6) is 0 Å². The summed E-state index contributed by atoms with van der Waals surface area (Å²) in [6.07, 6.45) is 13.3. The normalized spacial score (nSPS) is 36.6. The van der Waals surface area contributed by atoms with Gasteiger partial charge in [0.05, 0.1) is 12.7 Å². The van der Waals surface area contributed by atoms with Crippen molar-refractivity contribution in [1.29, 1.82) is 0 Å². The minimum atomic E-state index is -4.18. The summed E-state index contributed by atoms with van der Waals surface area (Å²) in [7, 11) is 0.873. The van der Waals surface area contributed by atoms with E-state index >= 15 is 0 Å². The lowest BCUT2D eigenvalue weighted by molar-refractivity contribution is -0.180. The lowest BCUT2D eigenvalue weighted by atomic mass is 9.36. The summed E-state index contributed by atoms with van der Waals surface area (Å²) >= 11 is 0. The minimum absolute atomic E-state index is 0.0315. The standard InChI is InChI=1S/C41H57F2NO5/c1-36(2,3)49-33(45)26-13-11-25(12-14-26)28-17-21-39(7)31(37(28,4)5)19-22-38(6)29-18-23-40(24-44-34(46)41(42,43)35(47)48-8)20-9-10-30(40)27(29)15-16-32(38)39/h11-14,17,27,29-32H,9-10,15-16,18-24H2,1-8H3,(H,44,46)/t27?,29?,30?,31?,32?,38-,39-,40+/m0/s1. The van der Waals surface area contributed by atoms with E-state index in [-0.39, 0.29) is 34.2 Å². The Balaban J connectivity index is 1.20. The van der Waals surface area contributed by atoms with Crippen LogP contribution in [-0.2, 0) is 19.1 Å². The van der Waals surface area contributed by atoms with Gasteiger partial charge in [-0.25, -0.2) is 9.59 Å². The number of hydrogen-bond acceptors (Lipinski definition) is 5. The fraction of sp³-hybridized carbons (Fsp3) is 0.732.